The molecule has 0 atom stereocenters. The van der Waals surface area contributed by atoms with Crippen molar-refractivity contribution in [3.63, 3.8) is 0 Å². The van der Waals surface area contributed by atoms with Gasteiger partial charge in [0.1, 0.15) is 0 Å². The summed E-state index contributed by atoms with van der Waals surface area (Å²) in [6.07, 6.45) is 1.84. The fourth-order valence-corrected chi connectivity index (χ4v) is 1.54. The van der Waals surface area contributed by atoms with E-state index < -0.39 is 0 Å². The first kappa shape index (κ1) is 8.26. The Balaban J connectivity index is 2.83. The number of aryl methyl sites for hydroxylation is 1. The fourth-order valence-electron chi connectivity index (χ4n) is 1.54. The van der Waals surface area contributed by atoms with Gasteiger partial charge in [0.25, 0.3) is 0 Å². The highest BCUT2D eigenvalue weighted by molar-refractivity contribution is 5.81. The lowest BCUT2D eigenvalue weighted by Gasteiger charge is -2.02. The predicted octanol–water partition coefficient (Wildman–Crippen LogP) is 1.78. The molecule has 68 valence electrons. The van der Waals surface area contributed by atoms with Gasteiger partial charge in [-0.2, -0.15) is 0 Å². The highest BCUT2D eigenvalue weighted by Crippen LogP contribution is 2.21. The quantitative estimate of drug-likeness (QED) is 0.709. The Labute approximate surface area is 75.8 Å². The maximum absolute atomic E-state index is 13.7. The van der Waals surface area contributed by atoms with Crippen molar-refractivity contribution in [3.8, 4) is 0 Å². The third-order valence-electron chi connectivity index (χ3n) is 2.28. The van der Waals surface area contributed by atoms with E-state index in [1.54, 1.807) is 10.6 Å². The number of aromatic nitrogens is 1. The molecule has 2 nitrogen and oxygen atoms in total. The van der Waals surface area contributed by atoms with Crippen LogP contribution in [0.1, 0.15) is 5.56 Å². The molecular formula is C10H11FN2. The van der Waals surface area contributed by atoms with Gasteiger partial charge in [0.15, 0.2) is 5.82 Å². The van der Waals surface area contributed by atoms with Crippen LogP contribution < -0.4 is 5.73 Å². The number of halogens is 1. The Bertz CT molecular complexity index is 445. The number of nitrogens with two attached hydrogens (primary N) is 1. The first-order valence-corrected chi connectivity index (χ1v) is 4.16. The summed E-state index contributed by atoms with van der Waals surface area (Å²) in [5.41, 5.74) is 6.60. The molecule has 2 aromatic rings. The highest BCUT2D eigenvalue weighted by atomic mass is 19.1. The Kier molecular flexibility index (Phi) is 1.81. The number of hydrogen-bond donors (Lipinski definition) is 1. The fraction of sp³-hybridized carbons (Fsp3) is 0.200. The molecular weight excluding hydrogens is 167 g/mol. The molecule has 2 rings (SSSR count). The van der Waals surface area contributed by atoms with E-state index in [0.29, 0.717) is 11.1 Å². The van der Waals surface area contributed by atoms with Gasteiger partial charge < -0.3 is 10.3 Å². The van der Waals surface area contributed by atoms with Crippen molar-refractivity contribution in [2.45, 2.75) is 6.54 Å². The van der Waals surface area contributed by atoms with Crippen molar-refractivity contribution < 1.29 is 4.39 Å². The van der Waals surface area contributed by atoms with Crippen LogP contribution in [0, 0.1) is 5.82 Å². The third kappa shape index (κ3) is 1.12. The topological polar surface area (TPSA) is 30.9 Å². The minimum absolute atomic E-state index is 0.201. The molecule has 0 saturated carbocycles. The second-order valence-electron chi connectivity index (χ2n) is 3.11. The summed E-state index contributed by atoms with van der Waals surface area (Å²) in [5.74, 6) is -0.201. The number of hydrogen-bond acceptors (Lipinski definition) is 1. The minimum atomic E-state index is -0.201. The maximum atomic E-state index is 13.7. The molecule has 0 saturated heterocycles. The van der Waals surface area contributed by atoms with Crippen LogP contribution >= 0.6 is 0 Å². The molecule has 2 N–H and O–H groups in total. The van der Waals surface area contributed by atoms with Crippen LogP contribution in [0.3, 0.4) is 0 Å². The van der Waals surface area contributed by atoms with Crippen molar-refractivity contribution >= 4 is 10.9 Å². The average molecular weight is 178 g/mol. The number of fused-ring (bicyclic) bond motifs is 1. The molecule has 1 heterocycles. The normalized spacial score (nSPS) is 11.0. The van der Waals surface area contributed by atoms with Gasteiger partial charge in [-0.15, -0.1) is 0 Å². The number of nitrogens with zero attached hydrogens (tertiary/aromatic N) is 1. The lowest BCUT2D eigenvalue weighted by molar-refractivity contribution is 0.615. The first-order chi connectivity index (χ1) is 6.24. The van der Waals surface area contributed by atoms with E-state index in [9.17, 15) is 4.39 Å². The van der Waals surface area contributed by atoms with Crippen LogP contribution in [0.15, 0.2) is 24.4 Å². The van der Waals surface area contributed by atoms with Gasteiger partial charge in [-0.3, -0.25) is 0 Å². The van der Waals surface area contributed by atoms with Crippen LogP contribution in [0.4, 0.5) is 4.39 Å². The van der Waals surface area contributed by atoms with Crippen LogP contribution in [0.25, 0.3) is 10.9 Å². The Hall–Kier alpha value is -1.35. The van der Waals surface area contributed by atoms with E-state index in [-0.39, 0.29) is 12.4 Å². The molecule has 0 aliphatic heterocycles. The van der Waals surface area contributed by atoms with Gasteiger partial charge in [0.05, 0.1) is 5.52 Å². The van der Waals surface area contributed by atoms with Gasteiger partial charge in [0, 0.05) is 30.7 Å². The standard InChI is InChI=1S/C10H11FN2/c1-13-5-4-7-2-3-8(6-12)9(11)10(7)13/h2-5H,6,12H2,1H3. The molecule has 0 spiro atoms. The Morgan fingerprint density at radius 3 is 2.85 bits per heavy atom. The molecule has 0 aliphatic carbocycles. The monoisotopic (exact) mass is 178 g/mol. The third-order valence-corrected chi connectivity index (χ3v) is 2.28. The average Bonchev–Trinajstić information content (AvgIpc) is 2.49. The SMILES string of the molecule is Cn1ccc2ccc(CN)c(F)c21. The van der Waals surface area contributed by atoms with Crippen molar-refractivity contribution in [1.82, 2.24) is 4.57 Å². The highest BCUT2D eigenvalue weighted by Gasteiger charge is 2.08. The summed E-state index contributed by atoms with van der Waals surface area (Å²) in [6, 6.07) is 5.51. The molecule has 13 heavy (non-hydrogen) atoms. The lowest BCUT2D eigenvalue weighted by atomic mass is 10.1. The molecule has 0 bridgehead atoms. The number of rotatable bonds is 1. The second-order valence-corrected chi connectivity index (χ2v) is 3.11. The molecule has 0 unspecified atom stereocenters. The van der Waals surface area contributed by atoms with E-state index in [1.165, 1.54) is 0 Å². The molecule has 0 aliphatic rings. The second kappa shape index (κ2) is 2.85. The van der Waals surface area contributed by atoms with E-state index in [2.05, 4.69) is 0 Å². The van der Waals surface area contributed by atoms with E-state index in [1.807, 2.05) is 25.4 Å². The van der Waals surface area contributed by atoms with Crippen molar-refractivity contribution in [3.05, 3.63) is 35.8 Å². The Morgan fingerprint density at radius 2 is 2.15 bits per heavy atom. The molecule has 0 radical (unpaired) electrons. The lowest BCUT2D eigenvalue weighted by Crippen LogP contribution is -2.01. The first-order valence-electron chi connectivity index (χ1n) is 4.16. The summed E-state index contributed by atoms with van der Waals surface area (Å²) in [4.78, 5) is 0. The van der Waals surface area contributed by atoms with Crippen molar-refractivity contribution in [2.75, 3.05) is 0 Å². The molecule has 1 aromatic carbocycles. The minimum Gasteiger partial charge on any atom is -0.348 e. The molecule has 0 fully saturated rings. The van der Waals surface area contributed by atoms with Gasteiger partial charge >= 0.3 is 0 Å². The van der Waals surface area contributed by atoms with E-state index in [0.717, 1.165) is 5.39 Å². The van der Waals surface area contributed by atoms with E-state index in [4.69, 9.17) is 5.73 Å². The van der Waals surface area contributed by atoms with E-state index >= 15 is 0 Å². The van der Waals surface area contributed by atoms with Crippen LogP contribution in [0.2, 0.25) is 0 Å². The summed E-state index contributed by atoms with van der Waals surface area (Å²) in [6.45, 7) is 0.243. The van der Waals surface area contributed by atoms with Crippen molar-refractivity contribution in [2.24, 2.45) is 12.8 Å². The molecule has 1 aromatic heterocycles. The Morgan fingerprint density at radius 1 is 1.38 bits per heavy atom. The summed E-state index contributed by atoms with van der Waals surface area (Å²) < 4.78 is 15.4. The van der Waals surface area contributed by atoms with Crippen LogP contribution in [-0.2, 0) is 13.6 Å². The summed E-state index contributed by atoms with van der Waals surface area (Å²) in [7, 11) is 1.83. The molecule has 3 heteroatoms. The van der Waals surface area contributed by atoms with Crippen LogP contribution in [0.5, 0.6) is 0 Å². The zero-order valence-electron chi connectivity index (χ0n) is 7.42. The summed E-state index contributed by atoms with van der Waals surface area (Å²) in [5, 5.41) is 0.914. The van der Waals surface area contributed by atoms with Gasteiger partial charge in [-0.25, -0.2) is 4.39 Å². The van der Waals surface area contributed by atoms with Crippen molar-refractivity contribution in [1.29, 1.82) is 0 Å². The van der Waals surface area contributed by atoms with Gasteiger partial charge in [-0.1, -0.05) is 12.1 Å². The summed E-state index contributed by atoms with van der Waals surface area (Å²) >= 11 is 0. The maximum Gasteiger partial charge on any atom is 0.151 e. The zero-order valence-corrected chi connectivity index (χ0v) is 7.42. The largest absolute Gasteiger partial charge is 0.348 e. The predicted molar refractivity (Wildman–Crippen MR) is 50.8 cm³/mol. The molecule has 0 amide bonds. The van der Waals surface area contributed by atoms with Gasteiger partial charge in [-0.05, 0) is 6.07 Å². The smallest absolute Gasteiger partial charge is 0.151 e. The number of benzene rings is 1. The van der Waals surface area contributed by atoms with Gasteiger partial charge in [0.2, 0.25) is 0 Å². The van der Waals surface area contributed by atoms with Crippen LogP contribution in [-0.4, -0.2) is 4.57 Å². The zero-order chi connectivity index (χ0) is 9.42.